The summed E-state index contributed by atoms with van der Waals surface area (Å²) in [6, 6.07) is 4.70. The van der Waals surface area contributed by atoms with Crippen LogP contribution in [0.15, 0.2) is 24.3 Å². The summed E-state index contributed by atoms with van der Waals surface area (Å²) < 4.78 is 28.7. The van der Waals surface area contributed by atoms with Crippen molar-refractivity contribution < 1.29 is 32.3 Å². The Labute approximate surface area is 181 Å². The van der Waals surface area contributed by atoms with Crippen LogP contribution in [-0.4, -0.2) is 78.6 Å². The van der Waals surface area contributed by atoms with Crippen LogP contribution in [0.3, 0.4) is 0 Å². The van der Waals surface area contributed by atoms with Gasteiger partial charge in [-0.1, -0.05) is 26.0 Å². The van der Waals surface area contributed by atoms with E-state index in [1.165, 1.54) is 17.0 Å². The van der Waals surface area contributed by atoms with Crippen LogP contribution in [0.4, 0.5) is 0 Å². The monoisotopic (exact) mass is 450 g/mol. The van der Waals surface area contributed by atoms with Gasteiger partial charge in [0.25, 0.3) is 17.7 Å². The number of esters is 1. The molecule has 2 aliphatic rings. The summed E-state index contributed by atoms with van der Waals surface area (Å²) in [5.74, 6) is -3.04. The average molecular weight is 451 g/mol. The number of fused-ring (bicyclic) bond motifs is 1. The number of amides is 3. The van der Waals surface area contributed by atoms with Gasteiger partial charge in [0.2, 0.25) is 0 Å². The number of sulfone groups is 1. The summed E-state index contributed by atoms with van der Waals surface area (Å²) >= 11 is 0. The van der Waals surface area contributed by atoms with E-state index in [-0.39, 0.29) is 29.2 Å². The fourth-order valence-corrected chi connectivity index (χ4v) is 5.83. The van der Waals surface area contributed by atoms with Gasteiger partial charge in [0.1, 0.15) is 6.04 Å². The molecule has 0 aliphatic carbocycles. The first-order valence-corrected chi connectivity index (χ1v) is 12.0. The van der Waals surface area contributed by atoms with Gasteiger partial charge in [-0.15, -0.1) is 0 Å². The molecule has 0 bridgehead atoms. The van der Waals surface area contributed by atoms with Crippen molar-refractivity contribution >= 4 is 33.5 Å². The minimum absolute atomic E-state index is 0.0242. The normalized spacial score (nSPS) is 20.6. The van der Waals surface area contributed by atoms with E-state index in [9.17, 15) is 27.6 Å². The molecular weight excluding hydrogens is 424 g/mol. The van der Waals surface area contributed by atoms with Crippen LogP contribution in [0.1, 0.15) is 47.9 Å². The second-order valence-electron chi connectivity index (χ2n) is 8.06. The molecule has 3 rings (SSSR count). The molecule has 0 saturated carbocycles. The minimum Gasteiger partial charge on any atom is -0.454 e. The molecule has 10 heteroatoms. The zero-order valence-corrected chi connectivity index (χ0v) is 18.6. The fraction of sp³-hybridized carbons (Fsp3) is 0.524. The summed E-state index contributed by atoms with van der Waals surface area (Å²) in [5, 5.41) is 0. The van der Waals surface area contributed by atoms with Gasteiger partial charge in [0.05, 0.1) is 22.6 Å². The SMILES string of the molecule is CCN(C(=O)COC(=O)C(C(C)C)N1C(=O)c2ccccc2C1=O)C1CCS(=O)(=O)C1. The second-order valence-corrected chi connectivity index (χ2v) is 10.3. The number of carbonyl (C=O) groups excluding carboxylic acids is 4. The summed E-state index contributed by atoms with van der Waals surface area (Å²) in [4.78, 5) is 53.2. The lowest BCUT2D eigenvalue weighted by atomic mass is 10.0. The van der Waals surface area contributed by atoms with Crippen LogP contribution in [-0.2, 0) is 24.2 Å². The summed E-state index contributed by atoms with van der Waals surface area (Å²) in [6.07, 6.45) is 0.347. The lowest BCUT2D eigenvalue weighted by Crippen LogP contribution is -2.50. The van der Waals surface area contributed by atoms with Crippen molar-refractivity contribution in [3.8, 4) is 0 Å². The third-order valence-corrected chi connectivity index (χ3v) is 7.38. The molecule has 1 aromatic carbocycles. The summed E-state index contributed by atoms with van der Waals surface area (Å²) in [5.41, 5.74) is 0.447. The topological polar surface area (TPSA) is 118 Å². The summed E-state index contributed by atoms with van der Waals surface area (Å²) in [6.45, 7) is 4.77. The van der Waals surface area contributed by atoms with Gasteiger partial charge >= 0.3 is 5.97 Å². The van der Waals surface area contributed by atoms with Crippen molar-refractivity contribution in [3.63, 3.8) is 0 Å². The van der Waals surface area contributed by atoms with Crippen LogP contribution < -0.4 is 0 Å². The maximum Gasteiger partial charge on any atom is 0.330 e. The second kappa shape index (κ2) is 8.78. The Bertz CT molecular complexity index is 983. The Morgan fingerprint density at radius 3 is 2.19 bits per heavy atom. The molecular formula is C21H26N2O7S. The van der Waals surface area contributed by atoms with Gasteiger partial charge in [-0.3, -0.25) is 19.3 Å². The number of carbonyl (C=O) groups is 4. The smallest absolute Gasteiger partial charge is 0.330 e. The molecule has 1 aromatic rings. The number of hydrogen-bond donors (Lipinski definition) is 0. The first-order chi connectivity index (χ1) is 14.6. The molecule has 168 valence electrons. The Kier molecular flexibility index (Phi) is 6.49. The van der Waals surface area contributed by atoms with Crippen LogP contribution in [0, 0.1) is 5.92 Å². The highest BCUT2D eigenvalue weighted by Gasteiger charge is 2.45. The Morgan fingerprint density at radius 1 is 1.16 bits per heavy atom. The number of rotatable bonds is 7. The molecule has 2 unspecified atom stereocenters. The third-order valence-electron chi connectivity index (χ3n) is 5.62. The van der Waals surface area contributed by atoms with Crippen molar-refractivity contribution in [1.29, 1.82) is 0 Å². The van der Waals surface area contributed by atoms with Crippen molar-refractivity contribution in [3.05, 3.63) is 35.4 Å². The quantitative estimate of drug-likeness (QED) is 0.447. The number of benzene rings is 1. The molecule has 2 aliphatic heterocycles. The number of hydrogen-bond acceptors (Lipinski definition) is 7. The maximum atomic E-state index is 12.8. The van der Waals surface area contributed by atoms with Gasteiger partial charge < -0.3 is 9.64 Å². The minimum atomic E-state index is -3.17. The molecule has 0 spiro atoms. The largest absolute Gasteiger partial charge is 0.454 e. The van der Waals surface area contributed by atoms with Crippen molar-refractivity contribution in [2.45, 2.75) is 39.3 Å². The Hall–Kier alpha value is -2.75. The molecule has 3 amide bonds. The molecule has 31 heavy (non-hydrogen) atoms. The van der Waals surface area contributed by atoms with Crippen LogP contribution in [0.2, 0.25) is 0 Å². The standard InChI is InChI=1S/C21H26N2O7S/c1-4-22(14-9-10-31(28,29)12-14)17(24)11-30-21(27)18(13(2)3)23-19(25)15-7-5-6-8-16(15)20(23)26/h5-8,13-14,18H,4,9-12H2,1-3H3. The van der Waals surface area contributed by atoms with Gasteiger partial charge in [-0.05, 0) is 31.4 Å². The predicted molar refractivity (Wildman–Crippen MR) is 111 cm³/mol. The Balaban J connectivity index is 1.70. The van der Waals surface area contributed by atoms with Crippen LogP contribution >= 0.6 is 0 Å². The number of imide groups is 1. The van der Waals surface area contributed by atoms with E-state index >= 15 is 0 Å². The number of ether oxygens (including phenoxy) is 1. The molecule has 1 saturated heterocycles. The molecule has 9 nitrogen and oxygen atoms in total. The number of likely N-dealkylation sites (N-methyl/N-ethyl adjacent to an activating group) is 1. The lowest BCUT2D eigenvalue weighted by molar-refractivity contribution is -0.157. The van der Waals surface area contributed by atoms with Gasteiger partial charge in [0, 0.05) is 12.6 Å². The first kappa shape index (κ1) is 22.9. The molecule has 0 aromatic heterocycles. The van der Waals surface area contributed by atoms with E-state index < -0.39 is 58.1 Å². The predicted octanol–water partition coefficient (Wildman–Crippen LogP) is 0.886. The van der Waals surface area contributed by atoms with Gasteiger partial charge in [0.15, 0.2) is 16.4 Å². The number of nitrogens with zero attached hydrogens (tertiary/aromatic N) is 2. The van der Waals surface area contributed by atoms with E-state index in [0.29, 0.717) is 6.42 Å². The lowest BCUT2D eigenvalue weighted by Gasteiger charge is -2.29. The van der Waals surface area contributed by atoms with E-state index in [1.54, 1.807) is 32.9 Å². The van der Waals surface area contributed by atoms with Crippen LogP contribution in [0.25, 0.3) is 0 Å². The first-order valence-electron chi connectivity index (χ1n) is 10.2. The van der Waals surface area contributed by atoms with E-state index in [2.05, 4.69) is 0 Å². The van der Waals surface area contributed by atoms with E-state index in [0.717, 1.165) is 4.90 Å². The van der Waals surface area contributed by atoms with Crippen molar-refractivity contribution in [2.75, 3.05) is 24.7 Å². The zero-order chi connectivity index (χ0) is 22.9. The summed E-state index contributed by atoms with van der Waals surface area (Å²) in [7, 11) is -3.17. The molecule has 0 radical (unpaired) electrons. The van der Waals surface area contributed by atoms with Gasteiger partial charge in [-0.2, -0.15) is 0 Å². The highest BCUT2D eigenvalue weighted by Crippen LogP contribution is 2.27. The van der Waals surface area contributed by atoms with Crippen molar-refractivity contribution in [2.24, 2.45) is 5.92 Å². The van der Waals surface area contributed by atoms with Crippen LogP contribution in [0.5, 0.6) is 0 Å². The Morgan fingerprint density at radius 2 is 1.74 bits per heavy atom. The zero-order valence-electron chi connectivity index (χ0n) is 17.7. The van der Waals surface area contributed by atoms with E-state index in [4.69, 9.17) is 4.74 Å². The van der Waals surface area contributed by atoms with Gasteiger partial charge in [-0.25, -0.2) is 13.2 Å². The highest BCUT2D eigenvalue weighted by atomic mass is 32.2. The average Bonchev–Trinajstić information content (AvgIpc) is 3.19. The van der Waals surface area contributed by atoms with E-state index in [1.807, 2.05) is 0 Å². The molecule has 2 heterocycles. The molecule has 0 N–H and O–H groups in total. The molecule has 1 fully saturated rings. The third kappa shape index (κ3) is 4.48. The highest BCUT2D eigenvalue weighted by molar-refractivity contribution is 7.91. The van der Waals surface area contributed by atoms with Crippen molar-refractivity contribution in [1.82, 2.24) is 9.80 Å². The molecule has 2 atom stereocenters. The maximum absolute atomic E-state index is 12.8. The fourth-order valence-electron chi connectivity index (χ4n) is 4.10.